The molecular formula is C7H13N3O3S. The summed E-state index contributed by atoms with van der Waals surface area (Å²) in [6.45, 7) is 2.01. The first-order valence-corrected chi connectivity index (χ1v) is 4.47. The number of nitrogens with two attached hydrogens (primary N) is 1. The molecule has 6 nitrogen and oxygen atoms in total. The van der Waals surface area contributed by atoms with E-state index >= 15 is 0 Å². The van der Waals surface area contributed by atoms with Gasteiger partial charge in [0.2, 0.25) is 5.91 Å². The van der Waals surface area contributed by atoms with Crippen LogP contribution in [0.15, 0.2) is 0 Å². The predicted octanol–water partition coefficient (Wildman–Crippen LogP) is -0.806. The van der Waals surface area contributed by atoms with Gasteiger partial charge in [0.25, 0.3) is 0 Å². The average molecular weight is 219 g/mol. The van der Waals surface area contributed by atoms with Crippen molar-refractivity contribution in [2.75, 3.05) is 6.61 Å². The van der Waals surface area contributed by atoms with Gasteiger partial charge in [0.15, 0.2) is 5.11 Å². The summed E-state index contributed by atoms with van der Waals surface area (Å²) in [6.07, 6.45) is 0.0765. The van der Waals surface area contributed by atoms with Crippen LogP contribution in [0.1, 0.15) is 19.8 Å². The molecule has 0 atom stereocenters. The largest absolute Gasteiger partial charge is 0.466 e. The van der Waals surface area contributed by atoms with E-state index in [1.807, 2.05) is 0 Å². The Morgan fingerprint density at radius 3 is 2.50 bits per heavy atom. The van der Waals surface area contributed by atoms with E-state index in [9.17, 15) is 9.59 Å². The van der Waals surface area contributed by atoms with Gasteiger partial charge in [0.1, 0.15) is 0 Å². The van der Waals surface area contributed by atoms with Gasteiger partial charge in [-0.05, 0) is 19.1 Å². The summed E-state index contributed by atoms with van der Waals surface area (Å²) in [6, 6.07) is 0. The van der Waals surface area contributed by atoms with Crippen molar-refractivity contribution >= 4 is 29.2 Å². The van der Waals surface area contributed by atoms with Crippen molar-refractivity contribution in [3.63, 3.8) is 0 Å². The molecule has 0 saturated heterocycles. The van der Waals surface area contributed by atoms with E-state index < -0.39 is 5.97 Å². The monoisotopic (exact) mass is 219 g/mol. The molecule has 1 amide bonds. The number of amides is 1. The number of ether oxygens (including phenoxy) is 1. The number of carbonyl (C=O) groups excluding carboxylic acids is 2. The van der Waals surface area contributed by atoms with Crippen LogP contribution in [0.4, 0.5) is 0 Å². The van der Waals surface area contributed by atoms with Crippen LogP contribution < -0.4 is 16.6 Å². The van der Waals surface area contributed by atoms with E-state index in [0.717, 1.165) is 0 Å². The van der Waals surface area contributed by atoms with Gasteiger partial charge in [-0.25, -0.2) is 0 Å². The molecule has 0 fully saturated rings. The predicted molar refractivity (Wildman–Crippen MR) is 53.9 cm³/mol. The Hall–Kier alpha value is -1.37. The minimum Gasteiger partial charge on any atom is -0.466 e. The van der Waals surface area contributed by atoms with Crippen molar-refractivity contribution < 1.29 is 14.3 Å². The third kappa shape index (κ3) is 7.29. The fourth-order valence-electron chi connectivity index (χ4n) is 0.643. The number of nitrogens with one attached hydrogen (secondary N) is 2. The molecule has 80 valence electrons. The molecule has 0 aliphatic heterocycles. The first kappa shape index (κ1) is 12.6. The van der Waals surface area contributed by atoms with Crippen molar-refractivity contribution in [3.05, 3.63) is 0 Å². The van der Waals surface area contributed by atoms with E-state index in [1.165, 1.54) is 0 Å². The van der Waals surface area contributed by atoms with E-state index in [2.05, 4.69) is 27.8 Å². The number of rotatable bonds is 4. The lowest BCUT2D eigenvalue weighted by atomic mass is 10.3. The van der Waals surface area contributed by atoms with E-state index in [0.29, 0.717) is 6.61 Å². The van der Waals surface area contributed by atoms with Crippen molar-refractivity contribution in [2.24, 2.45) is 5.73 Å². The molecule has 0 rings (SSSR count). The second-order valence-electron chi connectivity index (χ2n) is 2.34. The van der Waals surface area contributed by atoms with Crippen LogP contribution in [-0.2, 0) is 14.3 Å². The Kier molecular flexibility index (Phi) is 6.38. The van der Waals surface area contributed by atoms with Crippen LogP contribution in [0.25, 0.3) is 0 Å². The molecule has 0 aromatic heterocycles. The third-order valence-corrected chi connectivity index (χ3v) is 1.29. The minimum atomic E-state index is -0.405. The Balaban J connectivity index is 3.53. The molecule has 14 heavy (non-hydrogen) atoms. The lowest BCUT2D eigenvalue weighted by Crippen LogP contribution is -2.44. The molecule has 0 radical (unpaired) electrons. The summed E-state index contributed by atoms with van der Waals surface area (Å²) in [5, 5.41) is -0.0329. The maximum absolute atomic E-state index is 11.0. The summed E-state index contributed by atoms with van der Waals surface area (Å²) in [4.78, 5) is 21.8. The normalized spacial score (nSPS) is 8.93. The van der Waals surface area contributed by atoms with Gasteiger partial charge in [-0.3, -0.25) is 20.4 Å². The summed E-state index contributed by atoms with van der Waals surface area (Å²) < 4.78 is 4.63. The van der Waals surface area contributed by atoms with E-state index in [1.54, 1.807) is 6.92 Å². The lowest BCUT2D eigenvalue weighted by molar-refractivity contribution is -0.144. The zero-order chi connectivity index (χ0) is 11.0. The summed E-state index contributed by atoms with van der Waals surface area (Å²) in [5.41, 5.74) is 9.53. The van der Waals surface area contributed by atoms with Crippen LogP contribution in [0.5, 0.6) is 0 Å². The molecular weight excluding hydrogens is 206 g/mol. The second-order valence-corrected chi connectivity index (χ2v) is 2.78. The molecule has 0 heterocycles. The van der Waals surface area contributed by atoms with E-state index in [-0.39, 0.29) is 23.9 Å². The molecule has 0 aromatic rings. The highest BCUT2D eigenvalue weighted by Crippen LogP contribution is 1.91. The first-order chi connectivity index (χ1) is 6.56. The summed E-state index contributed by atoms with van der Waals surface area (Å²) in [5.74, 6) is -0.774. The zero-order valence-electron chi connectivity index (χ0n) is 7.83. The number of carbonyl (C=O) groups is 2. The first-order valence-electron chi connectivity index (χ1n) is 4.06. The number of thiocarbonyl (C=S) groups is 1. The Morgan fingerprint density at radius 1 is 1.36 bits per heavy atom. The zero-order valence-corrected chi connectivity index (χ0v) is 8.65. The smallest absolute Gasteiger partial charge is 0.306 e. The molecule has 0 saturated carbocycles. The van der Waals surface area contributed by atoms with Crippen LogP contribution in [0.3, 0.4) is 0 Å². The Bertz CT molecular complexity index is 232. The topological polar surface area (TPSA) is 93.5 Å². The van der Waals surface area contributed by atoms with Crippen LogP contribution in [0.2, 0.25) is 0 Å². The van der Waals surface area contributed by atoms with Gasteiger partial charge in [-0.2, -0.15) is 0 Å². The van der Waals surface area contributed by atoms with Crippen molar-refractivity contribution in [3.8, 4) is 0 Å². The molecule has 0 unspecified atom stereocenters. The quantitative estimate of drug-likeness (QED) is 0.325. The van der Waals surface area contributed by atoms with Crippen LogP contribution in [-0.4, -0.2) is 23.6 Å². The highest BCUT2D eigenvalue weighted by atomic mass is 32.1. The average Bonchev–Trinajstić information content (AvgIpc) is 2.12. The molecule has 0 aliphatic carbocycles. The number of hydrogen-bond acceptors (Lipinski definition) is 4. The number of hydrogen-bond donors (Lipinski definition) is 3. The highest BCUT2D eigenvalue weighted by Gasteiger charge is 2.06. The van der Waals surface area contributed by atoms with Crippen molar-refractivity contribution in [2.45, 2.75) is 19.8 Å². The van der Waals surface area contributed by atoms with Gasteiger partial charge >= 0.3 is 5.97 Å². The van der Waals surface area contributed by atoms with Crippen LogP contribution >= 0.6 is 12.2 Å². The number of esters is 1. The maximum Gasteiger partial charge on any atom is 0.306 e. The minimum absolute atomic E-state index is 0.0329. The van der Waals surface area contributed by atoms with Crippen molar-refractivity contribution in [1.82, 2.24) is 10.9 Å². The summed E-state index contributed by atoms with van der Waals surface area (Å²) in [7, 11) is 0. The van der Waals surface area contributed by atoms with Crippen LogP contribution in [0, 0.1) is 0 Å². The van der Waals surface area contributed by atoms with Gasteiger partial charge in [-0.1, -0.05) is 0 Å². The fourth-order valence-corrected chi connectivity index (χ4v) is 0.694. The molecule has 7 heteroatoms. The standard InChI is InChI=1S/C7H13N3O3S/c1-2-13-6(12)4-3-5(11)9-10-7(8)14/h2-4H2,1H3,(H,9,11)(H3,8,10,14). The Labute approximate surface area is 87.1 Å². The highest BCUT2D eigenvalue weighted by molar-refractivity contribution is 7.80. The fraction of sp³-hybridized carbons (Fsp3) is 0.571. The van der Waals surface area contributed by atoms with Crippen molar-refractivity contribution in [1.29, 1.82) is 0 Å². The van der Waals surface area contributed by atoms with Gasteiger partial charge in [0, 0.05) is 6.42 Å². The molecule has 0 aromatic carbocycles. The molecule has 0 bridgehead atoms. The third-order valence-electron chi connectivity index (χ3n) is 1.19. The molecule has 4 N–H and O–H groups in total. The SMILES string of the molecule is CCOC(=O)CCC(=O)NNC(N)=S. The summed E-state index contributed by atoms with van der Waals surface area (Å²) >= 11 is 4.45. The van der Waals surface area contributed by atoms with Gasteiger partial charge < -0.3 is 10.5 Å². The molecule has 0 spiro atoms. The molecule has 0 aliphatic rings. The number of hydrazine groups is 1. The lowest BCUT2D eigenvalue weighted by Gasteiger charge is -2.05. The Morgan fingerprint density at radius 2 is 2.00 bits per heavy atom. The van der Waals surface area contributed by atoms with Gasteiger partial charge in [0.05, 0.1) is 13.0 Å². The van der Waals surface area contributed by atoms with Gasteiger partial charge in [-0.15, -0.1) is 0 Å². The second kappa shape index (κ2) is 7.07. The maximum atomic E-state index is 11.0. The van der Waals surface area contributed by atoms with E-state index in [4.69, 9.17) is 5.73 Å².